The van der Waals surface area contributed by atoms with Crippen LogP contribution in [0.2, 0.25) is 0 Å². The van der Waals surface area contributed by atoms with Gasteiger partial charge in [-0.15, -0.1) is 0 Å². The minimum Gasteiger partial charge on any atom is -0.383 e. The number of ether oxygens (including phenoxy) is 4. The molecule has 3 rings (SSSR count). The maximum atomic E-state index is 6.20. The molecule has 3 aliphatic rings. The van der Waals surface area contributed by atoms with Crippen LogP contribution < -0.4 is 0 Å². The van der Waals surface area contributed by atoms with Crippen molar-refractivity contribution in [2.45, 2.75) is 43.5 Å². The smallest absolute Gasteiger partial charge is 0.0833 e. The number of hydrogen-bond acceptors (Lipinski definition) is 6. The van der Waals surface area contributed by atoms with E-state index in [0.717, 1.165) is 84.8 Å². The van der Waals surface area contributed by atoms with Gasteiger partial charge >= 0.3 is 0 Å². The van der Waals surface area contributed by atoms with E-state index in [1.165, 1.54) is 0 Å². The summed E-state index contributed by atoms with van der Waals surface area (Å²) < 4.78 is 22.6. The third-order valence-electron chi connectivity index (χ3n) is 5.85. The Morgan fingerprint density at radius 3 is 2.42 bits per heavy atom. The maximum Gasteiger partial charge on any atom is 0.0833 e. The fraction of sp³-hybridized carbons (Fsp3) is 1.00. The van der Waals surface area contributed by atoms with Gasteiger partial charge < -0.3 is 23.8 Å². The first-order valence-electron chi connectivity index (χ1n) is 9.45. The zero-order valence-electron chi connectivity index (χ0n) is 15.4. The van der Waals surface area contributed by atoms with E-state index < -0.39 is 0 Å². The molecule has 0 bridgehead atoms. The minimum absolute atomic E-state index is 0.0724. The van der Waals surface area contributed by atoms with Crippen molar-refractivity contribution in [1.82, 2.24) is 9.80 Å². The van der Waals surface area contributed by atoms with Crippen LogP contribution in [0, 0.1) is 0 Å². The Balaban J connectivity index is 1.32. The first-order valence-corrected chi connectivity index (χ1v) is 9.45. The molecule has 0 unspecified atom stereocenters. The fourth-order valence-corrected chi connectivity index (χ4v) is 4.02. The van der Waals surface area contributed by atoms with Crippen LogP contribution in [-0.2, 0) is 18.9 Å². The van der Waals surface area contributed by atoms with Crippen molar-refractivity contribution in [1.29, 1.82) is 0 Å². The van der Waals surface area contributed by atoms with Crippen molar-refractivity contribution < 1.29 is 18.9 Å². The molecule has 0 amide bonds. The second-order valence-corrected chi connectivity index (χ2v) is 7.46. The van der Waals surface area contributed by atoms with Gasteiger partial charge in [0.2, 0.25) is 0 Å². The molecule has 2 aliphatic heterocycles. The van der Waals surface area contributed by atoms with Crippen LogP contribution in [0.15, 0.2) is 0 Å². The monoisotopic (exact) mass is 342 g/mol. The second kappa shape index (κ2) is 8.92. The summed E-state index contributed by atoms with van der Waals surface area (Å²) in [4.78, 5) is 5.02. The van der Waals surface area contributed by atoms with Crippen molar-refractivity contribution >= 4 is 0 Å². The highest BCUT2D eigenvalue weighted by atomic mass is 16.5. The van der Waals surface area contributed by atoms with Gasteiger partial charge in [0.15, 0.2) is 0 Å². The van der Waals surface area contributed by atoms with E-state index in [0.29, 0.717) is 12.2 Å². The standard InChI is InChI=1S/C18H34N2O4/c1-21-10-7-20-9-12-24-18(15-20)3-5-19(6-4-18)8-11-23-17-13-16(14-17)22-2/h16-17H,3-15H2,1-2H3. The van der Waals surface area contributed by atoms with E-state index in [9.17, 15) is 0 Å². The molecule has 6 heteroatoms. The van der Waals surface area contributed by atoms with Crippen molar-refractivity contribution in [2.75, 3.05) is 73.3 Å². The molecule has 0 aromatic heterocycles. The highest BCUT2D eigenvalue weighted by Crippen LogP contribution is 2.30. The van der Waals surface area contributed by atoms with E-state index in [2.05, 4.69) is 9.80 Å². The van der Waals surface area contributed by atoms with Gasteiger partial charge in [-0.05, 0) is 25.7 Å². The molecule has 140 valence electrons. The van der Waals surface area contributed by atoms with Crippen LogP contribution in [0.25, 0.3) is 0 Å². The Morgan fingerprint density at radius 1 is 0.958 bits per heavy atom. The molecule has 0 N–H and O–H groups in total. The molecular weight excluding hydrogens is 308 g/mol. The lowest BCUT2D eigenvalue weighted by Crippen LogP contribution is -2.57. The predicted octanol–water partition coefficient (Wildman–Crippen LogP) is 0.994. The summed E-state index contributed by atoms with van der Waals surface area (Å²) in [5.74, 6) is 0. The lowest BCUT2D eigenvalue weighted by molar-refractivity contribution is -0.140. The van der Waals surface area contributed by atoms with E-state index in [-0.39, 0.29) is 5.60 Å². The Bertz CT molecular complexity index is 368. The van der Waals surface area contributed by atoms with Crippen molar-refractivity contribution in [3.05, 3.63) is 0 Å². The molecule has 1 spiro atoms. The molecule has 24 heavy (non-hydrogen) atoms. The maximum absolute atomic E-state index is 6.20. The lowest BCUT2D eigenvalue weighted by atomic mass is 9.89. The largest absolute Gasteiger partial charge is 0.383 e. The normalized spacial score (nSPS) is 31.2. The molecule has 2 heterocycles. The Hall–Kier alpha value is -0.240. The third-order valence-corrected chi connectivity index (χ3v) is 5.85. The number of likely N-dealkylation sites (tertiary alicyclic amines) is 1. The number of morpholine rings is 1. The van der Waals surface area contributed by atoms with Crippen LogP contribution >= 0.6 is 0 Å². The van der Waals surface area contributed by atoms with Crippen LogP contribution in [-0.4, -0.2) is 101 Å². The van der Waals surface area contributed by atoms with E-state index in [1.54, 1.807) is 14.2 Å². The van der Waals surface area contributed by atoms with Gasteiger partial charge in [-0.25, -0.2) is 0 Å². The Morgan fingerprint density at radius 2 is 1.71 bits per heavy atom. The van der Waals surface area contributed by atoms with Crippen LogP contribution in [0.4, 0.5) is 0 Å². The van der Waals surface area contributed by atoms with Crippen molar-refractivity contribution in [3.63, 3.8) is 0 Å². The van der Waals surface area contributed by atoms with E-state index >= 15 is 0 Å². The predicted molar refractivity (Wildman–Crippen MR) is 92.4 cm³/mol. The molecule has 0 atom stereocenters. The van der Waals surface area contributed by atoms with Crippen LogP contribution in [0.1, 0.15) is 25.7 Å². The summed E-state index contributed by atoms with van der Waals surface area (Å²) in [6, 6.07) is 0. The zero-order valence-corrected chi connectivity index (χ0v) is 15.4. The summed E-state index contributed by atoms with van der Waals surface area (Å²) >= 11 is 0. The summed E-state index contributed by atoms with van der Waals surface area (Å²) in [5, 5.41) is 0. The molecular formula is C18H34N2O4. The zero-order chi connectivity index (χ0) is 16.8. The topological polar surface area (TPSA) is 43.4 Å². The van der Waals surface area contributed by atoms with Gasteiger partial charge in [-0.3, -0.25) is 4.90 Å². The Labute approximate surface area is 146 Å². The highest BCUT2D eigenvalue weighted by molar-refractivity contribution is 4.93. The van der Waals surface area contributed by atoms with Crippen LogP contribution in [0.3, 0.4) is 0 Å². The highest BCUT2D eigenvalue weighted by Gasteiger charge is 2.39. The van der Waals surface area contributed by atoms with Gasteiger partial charge in [-0.1, -0.05) is 0 Å². The fourth-order valence-electron chi connectivity index (χ4n) is 4.02. The number of rotatable bonds is 8. The molecule has 6 nitrogen and oxygen atoms in total. The first kappa shape index (κ1) is 18.5. The molecule has 2 saturated heterocycles. The van der Waals surface area contributed by atoms with Crippen molar-refractivity contribution in [3.8, 4) is 0 Å². The Kier molecular flexibility index (Phi) is 6.89. The molecule has 3 fully saturated rings. The third kappa shape index (κ3) is 4.90. The van der Waals surface area contributed by atoms with Crippen molar-refractivity contribution in [2.24, 2.45) is 0 Å². The summed E-state index contributed by atoms with van der Waals surface area (Å²) in [6.07, 6.45) is 5.23. The number of nitrogens with zero attached hydrogens (tertiary/aromatic N) is 2. The van der Waals surface area contributed by atoms with Gasteiger partial charge in [0.05, 0.1) is 37.6 Å². The summed E-state index contributed by atoms with van der Waals surface area (Å²) in [7, 11) is 3.56. The molecule has 0 aromatic carbocycles. The average molecular weight is 342 g/mol. The number of piperidine rings is 1. The lowest BCUT2D eigenvalue weighted by Gasteiger charge is -2.47. The second-order valence-electron chi connectivity index (χ2n) is 7.46. The molecule has 1 saturated carbocycles. The summed E-state index contributed by atoms with van der Waals surface area (Å²) in [6.45, 7) is 8.89. The van der Waals surface area contributed by atoms with Gasteiger partial charge in [0.25, 0.3) is 0 Å². The van der Waals surface area contributed by atoms with Crippen LogP contribution in [0.5, 0.6) is 0 Å². The van der Waals surface area contributed by atoms with Gasteiger partial charge in [0.1, 0.15) is 0 Å². The number of methoxy groups -OCH3 is 2. The summed E-state index contributed by atoms with van der Waals surface area (Å²) in [5.41, 5.74) is 0.0724. The first-order chi connectivity index (χ1) is 11.7. The SMILES string of the molecule is COCCN1CCOC2(CCN(CCOC3CC(OC)C3)CC2)C1. The molecule has 1 aliphatic carbocycles. The quantitative estimate of drug-likeness (QED) is 0.656. The average Bonchev–Trinajstić information content (AvgIpc) is 2.57. The molecule has 0 radical (unpaired) electrons. The van der Waals surface area contributed by atoms with Gasteiger partial charge in [-0.2, -0.15) is 0 Å². The minimum atomic E-state index is 0.0724. The number of hydrogen-bond donors (Lipinski definition) is 0. The van der Waals surface area contributed by atoms with Gasteiger partial charge in [0, 0.05) is 53.5 Å². The van der Waals surface area contributed by atoms with E-state index in [1.807, 2.05) is 0 Å². The molecule has 0 aromatic rings. The van der Waals surface area contributed by atoms with E-state index in [4.69, 9.17) is 18.9 Å².